The number of amides is 2. The number of carbonyl (C=O) groups is 2. The Bertz CT molecular complexity index is 844. The van der Waals surface area contributed by atoms with Crippen molar-refractivity contribution in [2.24, 2.45) is 0 Å². The minimum Gasteiger partial charge on any atom is -0.344 e. The van der Waals surface area contributed by atoms with Crippen LogP contribution in [0.5, 0.6) is 0 Å². The Balaban J connectivity index is 1.56. The van der Waals surface area contributed by atoms with E-state index in [4.69, 9.17) is 0 Å². The van der Waals surface area contributed by atoms with E-state index in [0.29, 0.717) is 12.2 Å². The van der Waals surface area contributed by atoms with Gasteiger partial charge < -0.3 is 10.6 Å². The van der Waals surface area contributed by atoms with Gasteiger partial charge in [0.2, 0.25) is 0 Å². The van der Waals surface area contributed by atoms with Crippen molar-refractivity contribution in [1.29, 1.82) is 0 Å². The number of hydrogen-bond donors (Lipinski definition) is 2. The lowest BCUT2D eigenvalue weighted by Gasteiger charge is -2.08. The summed E-state index contributed by atoms with van der Waals surface area (Å²) >= 11 is 0. The Labute approximate surface area is 146 Å². The summed E-state index contributed by atoms with van der Waals surface area (Å²) in [6, 6.07) is 26.8. The van der Waals surface area contributed by atoms with Crippen LogP contribution in [-0.4, -0.2) is 11.8 Å². The standard InChI is InChI=1S/C21H18N2O2/c24-20(22-15-16-7-3-1-4-8-16)21(25)23-19-13-11-18(12-14-19)17-9-5-2-6-10-17/h1-14H,15H2,(H,22,24)(H,23,25). The van der Waals surface area contributed by atoms with Gasteiger partial charge in [-0.25, -0.2) is 0 Å². The van der Waals surface area contributed by atoms with E-state index in [1.54, 1.807) is 12.1 Å². The SMILES string of the molecule is O=C(NCc1ccccc1)C(=O)Nc1ccc(-c2ccccc2)cc1. The fourth-order valence-corrected chi connectivity index (χ4v) is 2.42. The zero-order valence-corrected chi connectivity index (χ0v) is 13.6. The predicted octanol–water partition coefficient (Wildman–Crippen LogP) is 3.61. The van der Waals surface area contributed by atoms with E-state index in [2.05, 4.69) is 10.6 Å². The topological polar surface area (TPSA) is 58.2 Å². The van der Waals surface area contributed by atoms with E-state index in [-0.39, 0.29) is 0 Å². The quantitative estimate of drug-likeness (QED) is 0.718. The molecular formula is C21H18N2O2. The molecule has 3 aromatic carbocycles. The predicted molar refractivity (Wildman–Crippen MR) is 98.8 cm³/mol. The summed E-state index contributed by atoms with van der Waals surface area (Å²) in [5.74, 6) is -1.33. The van der Waals surface area contributed by atoms with Crippen LogP contribution in [0.25, 0.3) is 11.1 Å². The molecule has 0 aromatic heterocycles. The maximum absolute atomic E-state index is 12.0. The van der Waals surface area contributed by atoms with Crippen LogP contribution in [0.2, 0.25) is 0 Å². The Morgan fingerprint density at radius 1 is 0.640 bits per heavy atom. The highest BCUT2D eigenvalue weighted by Crippen LogP contribution is 2.20. The third-order valence-corrected chi connectivity index (χ3v) is 3.75. The molecule has 0 aliphatic carbocycles. The Morgan fingerprint density at radius 3 is 1.84 bits per heavy atom. The molecule has 0 saturated heterocycles. The molecule has 3 rings (SSSR count). The van der Waals surface area contributed by atoms with E-state index in [1.807, 2.05) is 72.8 Å². The first-order chi connectivity index (χ1) is 12.2. The van der Waals surface area contributed by atoms with Crippen LogP contribution >= 0.6 is 0 Å². The van der Waals surface area contributed by atoms with Gasteiger partial charge in [0.25, 0.3) is 0 Å². The summed E-state index contributed by atoms with van der Waals surface area (Å²) in [5, 5.41) is 5.21. The third-order valence-electron chi connectivity index (χ3n) is 3.75. The van der Waals surface area contributed by atoms with Gasteiger partial charge >= 0.3 is 11.8 Å². The van der Waals surface area contributed by atoms with Gasteiger partial charge in [-0.2, -0.15) is 0 Å². The lowest BCUT2D eigenvalue weighted by Crippen LogP contribution is -2.34. The van der Waals surface area contributed by atoms with Gasteiger partial charge in [0.15, 0.2) is 0 Å². The summed E-state index contributed by atoms with van der Waals surface area (Å²) in [5.41, 5.74) is 3.67. The molecule has 4 nitrogen and oxygen atoms in total. The molecule has 25 heavy (non-hydrogen) atoms. The van der Waals surface area contributed by atoms with Crippen molar-refractivity contribution >= 4 is 17.5 Å². The van der Waals surface area contributed by atoms with Crippen LogP contribution in [0.15, 0.2) is 84.9 Å². The summed E-state index contributed by atoms with van der Waals surface area (Å²) in [4.78, 5) is 23.9. The molecular weight excluding hydrogens is 312 g/mol. The Kier molecular flexibility index (Phi) is 5.22. The fraction of sp³-hybridized carbons (Fsp3) is 0.0476. The van der Waals surface area contributed by atoms with Gasteiger partial charge in [0, 0.05) is 12.2 Å². The highest BCUT2D eigenvalue weighted by Gasteiger charge is 2.13. The molecule has 0 spiro atoms. The van der Waals surface area contributed by atoms with Crippen molar-refractivity contribution in [3.05, 3.63) is 90.5 Å². The van der Waals surface area contributed by atoms with E-state index in [1.165, 1.54) is 0 Å². The molecule has 0 atom stereocenters. The smallest absolute Gasteiger partial charge is 0.313 e. The average Bonchev–Trinajstić information content (AvgIpc) is 2.68. The second-order valence-electron chi connectivity index (χ2n) is 5.57. The molecule has 4 heteroatoms. The normalized spacial score (nSPS) is 10.1. The maximum Gasteiger partial charge on any atom is 0.313 e. The monoisotopic (exact) mass is 330 g/mol. The molecule has 124 valence electrons. The van der Waals surface area contributed by atoms with Crippen LogP contribution in [0.1, 0.15) is 5.56 Å². The van der Waals surface area contributed by atoms with Crippen molar-refractivity contribution in [3.63, 3.8) is 0 Å². The lowest BCUT2D eigenvalue weighted by molar-refractivity contribution is -0.136. The van der Waals surface area contributed by atoms with Gasteiger partial charge in [-0.1, -0.05) is 72.8 Å². The molecule has 0 bridgehead atoms. The van der Waals surface area contributed by atoms with E-state index in [0.717, 1.165) is 16.7 Å². The zero-order chi connectivity index (χ0) is 17.5. The van der Waals surface area contributed by atoms with Crippen molar-refractivity contribution < 1.29 is 9.59 Å². The molecule has 0 fully saturated rings. The lowest BCUT2D eigenvalue weighted by atomic mass is 10.1. The van der Waals surface area contributed by atoms with Crippen molar-refractivity contribution in [3.8, 4) is 11.1 Å². The van der Waals surface area contributed by atoms with Crippen LogP contribution in [0, 0.1) is 0 Å². The molecule has 3 aromatic rings. The second kappa shape index (κ2) is 7.93. The third kappa shape index (κ3) is 4.54. The maximum atomic E-state index is 12.0. The summed E-state index contributed by atoms with van der Waals surface area (Å²) in [6.07, 6.45) is 0. The number of hydrogen-bond acceptors (Lipinski definition) is 2. The molecule has 0 saturated carbocycles. The second-order valence-corrected chi connectivity index (χ2v) is 5.57. The summed E-state index contributed by atoms with van der Waals surface area (Å²) in [6.45, 7) is 0.319. The zero-order valence-electron chi connectivity index (χ0n) is 13.6. The van der Waals surface area contributed by atoms with E-state index in [9.17, 15) is 9.59 Å². The molecule has 2 amide bonds. The number of anilines is 1. The van der Waals surface area contributed by atoms with Gasteiger partial charge in [-0.05, 0) is 28.8 Å². The first-order valence-electron chi connectivity index (χ1n) is 8.01. The van der Waals surface area contributed by atoms with Gasteiger partial charge in [0.05, 0.1) is 0 Å². The number of carbonyl (C=O) groups excluding carboxylic acids is 2. The Morgan fingerprint density at radius 2 is 1.20 bits per heavy atom. The fourth-order valence-electron chi connectivity index (χ4n) is 2.42. The number of benzene rings is 3. The van der Waals surface area contributed by atoms with E-state index >= 15 is 0 Å². The van der Waals surface area contributed by atoms with Gasteiger partial charge in [-0.3, -0.25) is 9.59 Å². The number of nitrogens with one attached hydrogen (secondary N) is 2. The van der Waals surface area contributed by atoms with Crippen LogP contribution in [-0.2, 0) is 16.1 Å². The van der Waals surface area contributed by atoms with Crippen molar-refractivity contribution in [2.75, 3.05) is 5.32 Å². The Hall–Kier alpha value is -3.40. The van der Waals surface area contributed by atoms with Crippen LogP contribution in [0.4, 0.5) is 5.69 Å². The summed E-state index contributed by atoms with van der Waals surface area (Å²) in [7, 11) is 0. The number of rotatable bonds is 4. The minimum absolute atomic E-state index is 0.319. The first kappa shape index (κ1) is 16.5. The molecule has 0 aliphatic rings. The molecule has 0 aliphatic heterocycles. The summed E-state index contributed by atoms with van der Waals surface area (Å²) < 4.78 is 0. The minimum atomic E-state index is -0.677. The molecule has 0 unspecified atom stereocenters. The molecule has 0 heterocycles. The highest BCUT2D eigenvalue weighted by molar-refractivity contribution is 6.39. The highest BCUT2D eigenvalue weighted by atomic mass is 16.2. The first-order valence-corrected chi connectivity index (χ1v) is 8.01. The van der Waals surface area contributed by atoms with Crippen LogP contribution < -0.4 is 10.6 Å². The van der Waals surface area contributed by atoms with Crippen LogP contribution in [0.3, 0.4) is 0 Å². The van der Waals surface area contributed by atoms with Crippen molar-refractivity contribution in [2.45, 2.75) is 6.54 Å². The van der Waals surface area contributed by atoms with Crippen molar-refractivity contribution in [1.82, 2.24) is 5.32 Å². The largest absolute Gasteiger partial charge is 0.344 e. The van der Waals surface area contributed by atoms with Gasteiger partial charge in [0.1, 0.15) is 0 Å². The molecule has 2 N–H and O–H groups in total. The van der Waals surface area contributed by atoms with E-state index < -0.39 is 11.8 Å². The average molecular weight is 330 g/mol. The van der Waals surface area contributed by atoms with Gasteiger partial charge in [-0.15, -0.1) is 0 Å². The molecule has 0 radical (unpaired) electrons.